The molecule has 0 aliphatic heterocycles. The second-order valence-corrected chi connectivity index (χ2v) is 5.44. The molecule has 0 aliphatic rings. The molecule has 0 spiro atoms. The molecule has 2 aromatic rings. The quantitative estimate of drug-likeness (QED) is 0.699. The molecule has 0 saturated heterocycles. The standard InChI is InChI=1S/C19H23N3O2/c1-2-20-14-19(24)22-17-10-6-9-16(13-17)21-18(23)12-11-15-7-4-3-5-8-15/h3-10,13,20H,2,11-12,14H2,1H3,(H,21,23)(H,22,24). The van der Waals surface area contributed by atoms with Crippen molar-refractivity contribution in [3.63, 3.8) is 0 Å². The Kier molecular flexibility index (Phi) is 6.98. The molecule has 0 aromatic heterocycles. The summed E-state index contributed by atoms with van der Waals surface area (Å²) in [5.41, 5.74) is 2.48. The van der Waals surface area contributed by atoms with Gasteiger partial charge in [-0.15, -0.1) is 0 Å². The van der Waals surface area contributed by atoms with E-state index in [1.165, 1.54) is 0 Å². The van der Waals surface area contributed by atoms with Gasteiger partial charge >= 0.3 is 0 Å². The van der Waals surface area contributed by atoms with Crippen LogP contribution in [0.4, 0.5) is 11.4 Å². The monoisotopic (exact) mass is 325 g/mol. The molecule has 0 saturated carbocycles. The molecule has 0 unspecified atom stereocenters. The van der Waals surface area contributed by atoms with Crippen LogP contribution in [0.3, 0.4) is 0 Å². The van der Waals surface area contributed by atoms with E-state index in [2.05, 4.69) is 16.0 Å². The molecule has 2 rings (SSSR count). The Labute approximate surface area is 142 Å². The van der Waals surface area contributed by atoms with Crippen molar-refractivity contribution >= 4 is 23.2 Å². The van der Waals surface area contributed by atoms with Gasteiger partial charge in [0.2, 0.25) is 11.8 Å². The first kappa shape index (κ1) is 17.7. The molecule has 2 aromatic carbocycles. The third kappa shape index (κ3) is 6.22. The van der Waals surface area contributed by atoms with Gasteiger partial charge in [0.1, 0.15) is 0 Å². The fraction of sp³-hybridized carbons (Fsp3) is 0.263. The van der Waals surface area contributed by atoms with Crippen molar-refractivity contribution in [2.75, 3.05) is 23.7 Å². The molecular formula is C19H23N3O2. The summed E-state index contributed by atoms with van der Waals surface area (Å²) in [6.07, 6.45) is 1.12. The zero-order valence-corrected chi connectivity index (χ0v) is 13.8. The Morgan fingerprint density at radius 3 is 2.21 bits per heavy atom. The molecule has 126 valence electrons. The summed E-state index contributed by atoms with van der Waals surface area (Å²) in [5.74, 6) is -0.153. The molecule has 0 heterocycles. The highest BCUT2D eigenvalue weighted by Gasteiger charge is 2.05. The maximum absolute atomic E-state index is 12.1. The Bertz CT molecular complexity index is 671. The highest BCUT2D eigenvalue weighted by molar-refractivity contribution is 5.94. The SMILES string of the molecule is CCNCC(=O)Nc1cccc(NC(=O)CCc2ccccc2)c1. The molecule has 0 bridgehead atoms. The number of carbonyl (C=O) groups excluding carboxylic acids is 2. The minimum atomic E-state index is -0.107. The molecule has 24 heavy (non-hydrogen) atoms. The van der Waals surface area contributed by atoms with E-state index in [-0.39, 0.29) is 18.4 Å². The molecule has 0 atom stereocenters. The summed E-state index contributed by atoms with van der Waals surface area (Å²) in [7, 11) is 0. The largest absolute Gasteiger partial charge is 0.326 e. The third-order valence-corrected chi connectivity index (χ3v) is 3.45. The number of hydrogen-bond acceptors (Lipinski definition) is 3. The van der Waals surface area contributed by atoms with Crippen LogP contribution in [0, 0.1) is 0 Å². The highest BCUT2D eigenvalue weighted by Crippen LogP contribution is 2.15. The molecule has 0 radical (unpaired) electrons. The first-order chi connectivity index (χ1) is 11.7. The first-order valence-electron chi connectivity index (χ1n) is 8.12. The summed E-state index contributed by atoms with van der Waals surface area (Å²) in [6.45, 7) is 2.95. The van der Waals surface area contributed by atoms with Gasteiger partial charge in [0.25, 0.3) is 0 Å². The third-order valence-electron chi connectivity index (χ3n) is 3.45. The Morgan fingerprint density at radius 1 is 0.875 bits per heavy atom. The summed E-state index contributed by atoms with van der Waals surface area (Å²) in [6, 6.07) is 17.1. The second kappa shape index (κ2) is 9.47. The van der Waals surface area contributed by atoms with Crippen LogP contribution >= 0.6 is 0 Å². The van der Waals surface area contributed by atoms with Crippen molar-refractivity contribution < 1.29 is 9.59 Å². The van der Waals surface area contributed by atoms with Crippen molar-refractivity contribution in [1.29, 1.82) is 0 Å². The Morgan fingerprint density at radius 2 is 1.54 bits per heavy atom. The summed E-state index contributed by atoms with van der Waals surface area (Å²) in [5, 5.41) is 8.62. The fourth-order valence-corrected chi connectivity index (χ4v) is 2.24. The van der Waals surface area contributed by atoms with Gasteiger partial charge in [0.05, 0.1) is 6.54 Å². The maximum Gasteiger partial charge on any atom is 0.238 e. The van der Waals surface area contributed by atoms with Gasteiger partial charge in [-0.3, -0.25) is 9.59 Å². The van der Waals surface area contributed by atoms with Crippen LogP contribution in [0.5, 0.6) is 0 Å². The van der Waals surface area contributed by atoms with Gasteiger partial charge in [-0.25, -0.2) is 0 Å². The van der Waals surface area contributed by atoms with Crippen LogP contribution in [0.1, 0.15) is 18.9 Å². The first-order valence-corrected chi connectivity index (χ1v) is 8.12. The van der Waals surface area contributed by atoms with E-state index < -0.39 is 0 Å². The predicted molar refractivity (Wildman–Crippen MR) is 97.0 cm³/mol. The lowest BCUT2D eigenvalue weighted by atomic mass is 10.1. The molecular weight excluding hydrogens is 302 g/mol. The smallest absolute Gasteiger partial charge is 0.238 e. The van der Waals surface area contributed by atoms with Crippen molar-refractivity contribution in [3.05, 3.63) is 60.2 Å². The van der Waals surface area contributed by atoms with Crippen LogP contribution in [0.2, 0.25) is 0 Å². The normalized spacial score (nSPS) is 10.2. The topological polar surface area (TPSA) is 70.2 Å². The highest BCUT2D eigenvalue weighted by atomic mass is 16.2. The van der Waals surface area contributed by atoms with Gasteiger partial charge in [-0.05, 0) is 36.7 Å². The number of nitrogens with one attached hydrogen (secondary N) is 3. The van der Waals surface area contributed by atoms with Crippen molar-refractivity contribution in [1.82, 2.24) is 5.32 Å². The lowest BCUT2D eigenvalue weighted by Crippen LogP contribution is -2.27. The molecule has 5 nitrogen and oxygen atoms in total. The van der Waals surface area contributed by atoms with E-state index in [0.717, 1.165) is 12.1 Å². The van der Waals surface area contributed by atoms with Gasteiger partial charge in [-0.1, -0.05) is 43.3 Å². The van der Waals surface area contributed by atoms with E-state index >= 15 is 0 Å². The molecule has 0 aliphatic carbocycles. The van der Waals surface area contributed by atoms with Gasteiger partial charge < -0.3 is 16.0 Å². The van der Waals surface area contributed by atoms with Crippen molar-refractivity contribution in [3.8, 4) is 0 Å². The average molecular weight is 325 g/mol. The number of likely N-dealkylation sites (N-methyl/N-ethyl adjacent to an activating group) is 1. The van der Waals surface area contributed by atoms with E-state index in [1.54, 1.807) is 24.3 Å². The van der Waals surface area contributed by atoms with Crippen LogP contribution in [-0.2, 0) is 16.0 Å². The maximum atomic E-state index is 12.1. The molecule has 0 fully saturated rings. The van der Waals surface area contributed by atoms with Crippen LogP contribution in [0.15, 0.2) is 54.6 Å². The summed E-state index contributed by atoms with van der Waals surface area (Å²) in [4.78, 5) is 23.8. The second-order valence-electron chi connectivity index (χ2n) is 5.44. The lowest BCUT2D eigenvalue weighted by Gasteiger charge is -2.09. The van der Waals surface area contributed by atoms with Gasteiger partial charge in [0, 0.05) is 17.8 Å². The van der Waals surface area contributed by atoms with E-state index in [4.69, 9.17) is 0 Å². The van der Waals surface area contributed by atoms with Crippen LogP contribution in [-0.4, -0.2) is 24.9 Å². The molecule has 2 amide bonds. The number of anilines is 2. The van der Waals surface area contributed by atoms with E-state index in [9.17, 15) is 9.59 Å². The molecule has 3 N–H and O–H groups in total. The minimum absolute atomic E-state index is 0.0463. The fourth-order valence-electron chi connectivity index (χ4n) is 2.24. The van der Waals surface area contributed by atoms with Crippen molar-refractivity contribution in [2.24, 2.45) is 0 Å². The van der Waals surface area contributed by atoms with Crippen molar-refractivity contribution in [2.45, 2.75) is 19.8 Å². The minimum Gasteiger partial charge on any atom is -0.326 e. The average Bonchev–Trinajstić information content (AvgIpc) is 2.59. The summed E-state index contributed by atoms with van der Waals surface area (Å²) < 4.78 is 0. The van der Waals surface area contributed by atoms with Gasteiger partial charge in [-0.2, -0.15) is 0 Å². The van der Waals surface area contributed by atoms with E-state index in [1.807, 2.05) is 37.3 Å². The number of hydrogen-bond donors (Lipinski definition) is 3. The zero-order valence-electron chi connectivity index (χ0n) is 13.8. The number of aryl methyl sites for hydroxylation is 1. The summed E-state index contributed by atoms with van der Waals surface area (Å²) >= 11 is 0. The number of rotatable bonds is 8. The number of amides is 2. The molecule has 5 heteroatoms. The van der Waals surface area contributed by atoms with Crippen LogP contribution < -0.4 is 16.0 Å². The van der Waals surface area contributed by atoms with E-state index in [0.29, 0.717) is 24.2 Å². The van der Waals surface area contributed by atoms with Crippen LogP contribution in [0.25, 0.3) is 0 Å². The Hall–Kier alpha value is -2.66. The Balaban J connectivity index is 1.84. The van der Waals surface area contributed by atoms with Gasteiger partial charge in [0.15, 0.2) is 0 Å². The lowest BCUT2D eigenvalue weighted by molar-refractivity contribution is -0.116. The predicted octanol–water partition coefficient (Wildman–Crippen LogP) is 2.81. The zero-order chi connectivity index (χ0) is 17.2. The number of carbonyl (C=O) groups is 2. The number of benzene rings is 2.